The monoisotopic (exact) mass is 274 g/mol. The van der Waals surface area contributed by atoms with Crippen molar-refractivity contribution in [3.05, 3.63) is 48.0 Å². The third-order valence-electron chi connectivity index (χ3n) is 3.85. The van der Waals surface area contributed by atoms with E-state index in [1.165, 1.54) is 44.9 Å². The fraction of sp³-hybridized carbons (Fsp3) is 0.579. The van der Waals surface area contributed by atoms with Crippen molar-refractivity contribution in [1.29, 1.82) is 0 Å². The van der Waals surface area contributed by atoms with E-state index in [4.69, 9.17) is 0 Å². The number of rotatable bonds is 11. The summed E-state index contributed by atoms with van der Waals surface area (Å²) in [6.07, 6.45) is 11.0. The van der Waals surface area contributed by atoms with Crippen molar-refractivity contribution in [3.8, 4) is 0 Å². The van der Waals surface area contributed by atoms with Gasteiger partial charge in [-0.25, -0.2) is 0 Å². The maximum absolute atomic E-state index is 10.2. The molecule has 1 aromatic rings. The zero-order valence-electron chi connectivity index (χ0n) is 13.0. The lowest BCUT2D eigenvalue weighted by atomic mass is 9.97. The summed E-state index contributed by atoms with van der Waals surface area (Å²) in [5, 5.41) is 10.2. The van der Waals surface area contributed by atoms with E-state index >= 15 is 0 Å². The molecule has 0 bridgehead atoms. The molecular weight excluding hydrogens is 244 g/mol. The maximum Gasteiger partial charge on any atom is 0.0998 e. The van der Waals surface area contributed by atoms with Crippen LogP contribution in [0, 0.1) is 0 Å². The quantitative estimate of drug-likeness (QED) is 0.399. The van der Waals surface area contributed by atoms with Gasteiger partial charge in [0.2, 0.25) is 0 Å². The van der Waals surface area contributed by atoms with E-state index in [1.807, 2.05) is 30.3 Å². The minimum absolute atomic E-state index is 0.499. The minimum Gasteiger partial charge on any atom is -0.384 e. The van der Waals surface area contributed by atoms with Crippen LogP contribution in [0.25, 0.3) is 0 Å². The molecule has 20 heavy (non-hydrogen) atoms. The van der Waals surface area contributed by atoms with Crippen LogP contribution in [0.1, 0.15) is 76.4 Å². The Morgan fingerprint density at radius 1 is 0.950 bits per heavy atom. The van der Waals surface area contributed by atoms with Gasteiger partial charge in [0.15, 0.2) is 0 Å². The Kier molecular flexibility index (Phi) is 9.06. The molecule has 112 valence electrons. The highest BCUT2D eigenvalue weighted by Crippen LogP contribution is 2.24. The van der Waals surface area contributed by atoms with Crippen LogP contribution in [-0.4, -0.2) is 5.11 Å². The first-order valence-electron chi connectivity index (χ1n) is 8.16. The number of benzene rings is 1. The normalized spacial score (nSPS) is 12.3. The number of hydrogen-bond acceptors (Lipinski definition) is 1. The Bertz CT molecular complexity index is 355. The molecule has 0 saturated carbocycles. The van der Waals surface area contributed by atoms with E-state index in [0.29, 0.717) is 0 Å². The largest absolute Gasteiger partial charge is 0.384 e. The SMILES string of the molecule is C=C(CCCCCCCCCC)C(O)c1ccccc1. The number of unbranched alkanes of at least 4 members (excludes halogenated alkanes) is 7. The van der Waals surface area contributed by atoms with E-state index < -0.39 is 6.10 Å². The fourth-order valence-electron chi connectivity index (χ4n) is 2.49. The van der Waals surface area contributed by atoms with Crippen molar-refractivity contribution in [2.45, 2.75) is 70.8 Å². The molecule has 0 aliphatic carbocycles. The standard InChI is InChI=1S/C19H30O/c1-3-4-5-6-7-8-9-11-14-17(2)19(20)18-15-12-10-13-16-18/h10,12-13,15-16,19-20H,2-9,11,14H2,1H3. The van der Waals surface area contributed by atoms with Crippen LogP contribution < -0.4 is 0 Å². The molecule has 0 aliphatic rings. The fourth-order valence-corrected chi connectivity index (χ4v) is 2.49. The van der Waals surface area contributed by atoms with E-state index in [-0.39, 0.29) is 0 Å². The molecule has 1 atom stereocenters. The lowest BCUT2D eigenvalue weighted by Crippen LogP contribution is -2.00. The van der Waals surface area contributed by atoms with Gasteiger partial charge in [-0.2, -0.15) is 0 Å². The Morgan fingerprint density at radius 3 is 2.10 bits per heavy atom. The number of hydrogen-bond donors (Lipinski definition) is 1. The van der Waals surface area contributed by atoms with Crippen molar-refractivity contribution in [2.75, 3.05) is 0 Å². The molecule has 1 rings (SSSR count). The molecule has 0 spiro atoms. The van der Waals surface area contributed by atoms with Crippen molar-refractivity contribution >= 4 is 0 Å². The van der Waals surface area contributed by atoms with Gasteiger partial charge in [-0.15, -0.1) is 0 Å². The van der Waals surface area contributed by atoms with Gasteiger partial charge in [-0.3, -0.25) is 0 Å². The molecule has 0 fully saturated rings. The van der Waals surface area contributed by atoms with Gasteiger partial charge in [-0.1, -0.05) is 88.8 Å². The zero-order valence-corrected chi connectivity index (χ0v) is 13.0. The first-order chi connectivity index (χ1) is 9.75. The van der Waals surface area contributed by atoms with Gasteiger partial charge >= 0.3 is 0 Å². The van der Waals surface area contributed by atoms with Crippen LogP contribution in [0.4, 0.5) is 0 Å². The Morgan fingerprint density at radius 2 is 1.50 bits per heavy atom. The van der Waals surface area contributed by atoms with Crippen molar-refractivity contribution < 1.29 is 5.11 Å². The molecule has 0 radical (unpaired) electrons. The van der Waals surface area contributed by atoms with Crippen LogP contribution in [-0.2, 0) is 0 Å². The highest BCUT2D eigenvalue weighted by Gasteiger charge is 2.10. The Balaban J connectivity index is 2.08. The van der Waals surface area contributed by atoms with Crippen LogP contribution in [0.3, 0.4) is 0 Å². The molecule has 0 amide bonds. The second-order valence-corrected chi connectivity index (χ2v) is 5.70. The highest BCUT2D eigenvalue weighted by molar-refractivity contribution is 5.24. The van der Waals surface area contributed by atoms with Gasteiger partial charge in [0.1, 0.15) is 0 Å². The summed E-state index contributed by atoms with van der Waals surface area (Å²) < 4.78 is 0. The van der Waals surface area contributed by atoms with E-state index in [9.17, 15) is 5.11 Å². The topological polar surface area (TPSA) is 20.2 Å². The van der Waals surface area contributed by atoms with E-state index in [2.05, 4.69) is 13.5 Å². The van der Waals surface area contributed by atoms with Crippen LogP contribution in [0.5, 0.6) is 0 Å². The summed E-state index contributed by atoms with van der Waals surface area (Å²) in [4.78, 5) is 0. The molecule has 0 aromatic heterocycles. The second-order valence-electron chi connectivity index (χ2n) is 5.70. The van der Waals surface area contributed by atoms with Crippen molar-refractivity contribution in [3.63, 3.8) is 0 Å². The third-order valence-corrected chi connectivity index (χ3v) is 3.85. The minimum atomic E-state index is -0.499. The first kappa shape index (κ1) is 17.0. The average molecular weight is 274 g/mol. The zero-order chi connectivity index (χ0) is 14.6. The summed E-state index contributed by atoms with van der Waals surface area (Å²) in [5.74, 6) is 0. The van der Waals surface area contributed by atoms with Crippen LogP contribution in [0.15, 0.2) is 42.5 Å². The van der Waals surface area contributed by atoms with Crippen molar-refractivity contribution in [2.24, 2.45) is 0 Å². The summed E-state index contributed by atoms with van der Waals surface area (Å²) in [7, 11) is 0. The summed E-state index contributed by atoms with van der Waals surface area (Å²) in [6.45, 7) is 6.29. The summed E-state index contributed by atoms with van der Waals surface area (Å²) >= 11 is 0. The van der Waals surface area contributed by atoms with Gasteiger partial charge in [-0.05, 0) is 24.0 Å². The first-order valence-corrected chi connectivity index (χ1v) is 8.16. The molecule has 1 heteroatoms. The molecule has 1 N–H and O–H groups in total. The number of aliphatic hydroxyl groups excluding tert-OH is 1. The third kappa shape index (κ3) is 6.91. The predicted octanol–water partition coefficient (Wildman–Crippen LogP) is 5.81. The highest BCUT2D eigenvalue weighted by atomic mass is 16.3. The van der Waals surface area contributed by atoms with E-state index in [0.717, 1.165) is 24.0 Å². The van der Waals surface area contributed by atoms with Crippen LogP contribution >= 0.6 is 0 Å². The van der Waals surface area contributed by atoms with Gasteiger partial charge in [0.05, 0.1) is 6.10 Å². The number of aliphatic hydroxyl groups is 1. The lowest BCUT2D eigenvalue weighted by Gasteiger charge is -2.14. The van der Waals surface area contributed by atoms with Gasteiger partial charge in [0, 0.05) is 0 Å². The molecular formula is C19H30O. The smallest absolute Gasteiger partial charge is 0.0998 e. The molecule has 0 saturated heterocycles. The predicted molar refractivity (Wildman–Crippen MR) is 87.8 cm³/mol. The molecule has 1 unspecified atom stereocenters. The lowest BCUT2D eigenvalue weighted by molar-refractivity contribution is 0.211. The second kappa shape index (κ2) is 10.7. The van der Waals surface area contributed by atoms with Gasteiger partial charge in [0.25, 0.3) is 0 Å². The molecule has 1 aromatic carbocycles. The molecule has 0 aliphatic heterocycles. The summed E-state index contributed by atoms with van der Waals surface area (Å²) in [6, 6.07) is 9.81. The maximum atomic E-state index is 10.2. The average Bonchev–Trinajstić information content (AvgIpc) is 2.50. The van der Waals surface area contributed by atoms with Crippen molar-refractivity contribution in [1.82, 2.24) is 0 Å². The molecule has 1 nitrogen and oxygen atoms in total. The van der Waals surface area contributed by atoms with Crippen LogP contribution in [0.2, 0.25) is 0 Å². The molecule has 0 heterocycles. The Hall–Kier alpha value is -1.08. The van der Waals surface area contributed by atoms with E-state index in [1.54, 1.807) is 0 Å². The summed E-state index contributed by atoms with van der Waals surface area (Å²) in [5.41, 5.74) is 1.90. The van der Waals surface area contributed by atoms with Gasteiger partial charge < -0.3 is 5.11 Å². The Labute approximate surface area is 124 Å².